The van der Waals surface area contributed by atoms with Gasteiger partial charge in [0.25, 0.3) is 5.69 Å². The van der Waals surface area contributed by atoms with Crippen molar-refractivity contribution in [2.75, 3.05) is 5.43 Å². The molecule has 5 nitrogen and oxygen atoms in total. The summed E-state index contributed by atoms with van der Waals surface area (Å²) < 4.78 is 0. The van der Waals surface area contributed by atoms with Gasteiger partial charge in [0.05, 0.1) is 16.8 Å². The van der Waals surface area contributed by atoms with Gasteiger partial charge in [-0.2, -0.15) is 5.10 Å². The monoisotopic (exact) mass is 289 g/mol. The molecule has 1 N–H and O–H groups in total. The number of nitro groups is 1. The maximum absolute atomic E-state index is 10.8. The molecule has 0 bridgehead atoms. The number of nitrogens with zero attached hydrogens (tertiary/aromatic N) is 2. The molecule has 0 amide bonds. The van der Waals surface area contributed by atoms with Gasteiger partial charge in [-0.3, -0.25) is 15.5 Å². The molecular weight excluding hydrogens is 278 g/mol. The Hall–Kier alpha value is -2.40. The minimum Gasteiger partial charge on any atom is -0.278 e. The Morgan fingerprint density at radius 3 is 2.80 bits per heavy atom. The number of hydrazone groups is 1. The first-order chi connectivity index (χ1) is 9.56. The van der Waals surface area contributed by atoms with E-state index in [0.717, 1.165) is 5.69 Å². The number of halogens is 1. The Balaban J connectivity index is 2.12. The summed E-state index contributed by atoms with van der Waals surface area (Å²) in [5.74, 6) is 0. The Morgan fingerprint density at radius 2 is 2.10 bits per heavy atom. The molecule has 0 fully saturated rings. The lowest BCUT2D eigenvalue weighted by molar-refractivity contribution is -0.385. The molecule has 0 aromatic heterocycles. The summed E-state index contributed by atoms with van der Waals surface area (Å²) >= 11 is 5.85. The van der Waals surface area contributed by atoms with Crippen molar-refractivity contribution in [1.82, 2.24) is 0 Å². The third-order valence-corrected chi connectivity index (χ3v) is 2.90. The largest absolute Gasteiger partial charge is 0.278 e. The van der Waals surface area contributed by atoms with E-state index in [1.54, 1.807) is 37.3 Å². The van der Waals surface area contributed by atoms with Crippen LogP contribution in [0.4, 0.5) is 11.4 Å². The van der Waals surface area contributed by atoms with Gasteiger partial charge >= 0.3 is 0 Å². The zero-order valence-electron chi connectivity index (χ0n) is 10.7. The van der Waals surface area contributed by atoms with Crippen LogP contribution in [-0.2, 0) is 0 Å². The van der Waals surface area contributed by atoms with Crippen molar-refractivity contribution in [2.45, 2.75) is 6.92 Å². The molecule has 0 aliphatic rings. The molecule has 2 aromatic rings. The average molecular weight is 290 g/mol. The third-order valence-electron chi connectivity index (χ3n) is 2.66. The molecule has 2 aromatic carbocycles. The smallest absolute Gasteiger partial charge is 0.272 e. The lowest BCUT2D eigenvalue weighted by atomic mass is 10.1. The quantitative estimate of drug-likeness (QED) is 0.525. The van der Waals surface area contributed by atoms with Crippen LogP contribution in [0.5, 0.6) is 0 Å². The van der Waals surface area contributed by atoms with Crippen molar-refractivity contribution in [3.8, 4) is 0 Å². The van der Waals surface area contributed by atoms with Crippen molar-refractivity contribution in [3.63, 3.8) is 0 Å². The molecule has 0 saturated carbocycles. The van der Waals surface area contributed by atoms with Gasteiger partial charge in [-0.25, -0.2) is 0 Å². The maximum Gasteiger partial charge on any atom is 0.272 e. The van der Waals surface area contributed by atoms with Crippen molar-refractivity contribution in [3.05, 3.63) is 68.7 Å². The number of aryl methyl sites for hydroxylation is 1. The van der Waals surface area contributed by atoms with Crippen molar-refractivity contribution in [2.24, 2.45) is 5.10 Å². The first-order valence-electron chi connectivity index (χ1n) is 5.86. The van der Waals surface area contributed by atoms with Gasteiger partial charge in [0.15, 0.2) is 0 Å². The van der Waals surface area contributed by atoms with Crippen LogP contribution in [0.15, 0.2) is 47.6 Å². The van der Waals surface area contributed by atoms with Gasteiger partial charge in [0.2, 0.25) is 0 Å². The first-order valence-corrected chi connectivity index (χ1v) is 6.24. The second-order valence-corrected chi connectivity index (χ2v) is 4.62. The zero-order chi connectivity index (χ0) is 14.5. The minimum atomic E-state index is -0.406. The molecule has 102 valence electrons. The Kier molecular flexibility index (Phi) is 4.32. The highest BCUT2D eigenvalue weighted by Gasteiger charge is 2.09. The summed E-state index contributed by atoms with van der Waals surface area (Å²) in [5, 5.41) is 15.5. The van der Waals surface area contributed by atoms with Crippen LogP contribution in [0.1, 0.15) is 11.1 Å². The summed E-state index contributed by atoms with van der Waals surface area (Å²) in [6.45, 7) is 1.70. The standard InChI is InChI=1S/C14H12ClN3O2/c1-10-5-6-11(7-14(10)18(19)20)9-16-17-13-4-2-3-12(15)8-13/h2-9,17H,1H3/b16-9-. The van der Waals surface area contributed by atoms with Crippen LogP contribution in [0, 0.1) is 17.0 Å². The van der Waals surface area contributed by atoms with Gasteiger partial charge < -0.3 is 0 Å². The van der Waals surface area contributed by atoms with Crippen LogP contribution in [0.3, 0.4) is 0 Å². The number of hydrogen-bond donors (Lipinski definition) is 1. The van der Waals surface area contributed by atoms with Crippen molar-refractivity contribution >= 4 is 29.2 Å². The molecule has 0 unspecified atom stereocenters. The second kappa shape index (κ2) is 6.16. The van der Waals surface area contributed by atoms with Crippen LogP contribution in [0.25, 0.3) is 0 Å². The Labute approximate surface area is 121 Å². The summed E-state index contributed by atoms with van der Waals surface area (Å²) in [7, 11) is 0. The predicted molar refractivity (Wildman–Crippen MR) is 80.5 cm³/mol. The van der Waals surface area contributed by atoms with E-state index in [9.17, 15) is 10.1 Å². The SMILES string of the molecule is Cc1ccc(/C=N\Nc2cccc(Cl)c2)cc1[N+](=O)[O-]. The summed E-state index contributed by atoms with van der Waals surface area (Å²) in [4.78, 5) is 10.4. The Bertz CT molecular complexity index is 671. The molecule has 0 aliphatic carbocycles. The summed E-state index contributed by atoms with van der Waals surface area (Å²) in [5.41, 5.74) is 4.91. The normalized spacial score (nSPS) is 10.7. The number of hydrogen-bond acceptors (Lipinski definition) is 4. The number of nitrogens with one attached hydrogen (secondary N) is 1. The first kappa shape index (κ1) is 14.0. The van der Waals surface area contributed by atoms with E-state index in [0.29, 0.717) is 16.1 Å². The average Bonchev–Trinajstić information content (AvgIpc) is 2.40. The predicted octanol–water partition coefficient (Wildman–Crippen LogP) is 4.00. The van der Waals surface area contributed by atoms with Crippen LogP contribution in [0.2, 0.25) is 5.02 Å². The molecule has 0 atom stereocenters. The summed E-state index contributed by atoms with van der Waals surface area (Å²) in [6, 6.07) is 12.1. The molecule has 6 heteroatoms. The molecule has 0 heterocycles. The lowest BCUT2D eigenvalue weighted by Crippen LogP contribution is -1.95. The van der Waals surface area contributed by atoms with E-state index in [1.165, 1.54) is 12.3 Å². The Morgan fingerprint density at radius 1 is 1.30 bits per heavy atom. The summed E-state index contributed by atoms with van der Waals surface area (Å²) in [6.07, 6.45) is 1.52. The topological polar surface area (TPSA) is 67.5 Å². The van der Waals surface area contributed by atoms with Gasteiger partial charge in [-0.1, -0.05) is 29.8 Å². The minimum absolute atomic E-state index is 0.0803. The van der Waals surface area contributed by atoms with E-state index in [2.05, 4.69) is 10.5 Å². The van der Waals surface area contributed by atoms with Crippen LogP contribution < -0.4 is 5.43 Å². The molecule has 2 rings (SSSR count). The number of rotatable bonds is 4. The second-order valence-electron chi connectivity index (χ2n) is 4.18. The van der Waals surface area contributed by atoms with Gasteiger partial charge in [0, 0.05) is 22.2 Å². The molecule has 20 heavy (non-hydrogen) atoms. The third kappa shape index (κ3) is 3.55. The number of benzene rings is 2. The van der Waals surface area contributed by atoms with Crippen molar-refractivity contribution in [1.29, 1.82) is 0 Å². The molecule has 0 saturated heterocycles. The van der Waals surface area contributed by atoms with Gasteiger partial charge in [-0.05, 0) is 25.1 Å². The fourth-order valence-electron chi connectivity index (χ4n) is 1.64. The van der Waals surface area contributed by atoms with Crippen molar-refractivity contribution < 1.29 is 4.92 Å². The van der Waals surface area contributed by atoms with E-state index in [-0.39, 0.29) is 5.69 Å². The zero-order valence-corrected chi connectivity index (χ0v) is 11.5. The molecule has 0 radical (unpaired) electrons. The van der Waals surface area contributed by atoms with Crippen LogP contribution in [-0.4, -0.2) is 11.1 Å². The van der Waals surface area contributed by atoms with E-state index in [1.807, 2.05) is 6.07 Å². The number of anilines is 1. The molecular formula is C14H12ClN3O2. The van der Waals surface area contributed by atoms with E-state index < -0.39 is 4.92 Å². The molecule has 0 spiro atoms. The number of nitro benzene ring substituents is 1. The lowest BCUT2D eigenvalue weighted by Gasteiger charge is -2.01. The van der Waals surface area contributed by atoms with E-state index >= 15 is 0 Å². The highest BCUT2D eigenvalue weighted by molar-refractivity contribution is 6.30. The fourth-order valence-corrected chi connectivity index (χ4v) is 1.83. The highest BCUT2D eigenvalue weighted by Crippen LogP contribution is 2.18. The fraction of sp³-hybridized carbons (Fsp3) is 0.0714. The van der Waals surface area contributed by atoms with Crippen LogP contribution >= 0.6 is 11.6 Å². The van der Waals surface area contributed by atoms with Gasteiger partial charge in [-0.15, -0.1) is 0 Å². The van der Waals surface area contributed by atoms with Gasteiger partial charge in [0.1, 0.15) is 0 Å². The maximum atomic E-state index is 10.8. The highest BCUT2D eigenvalue weighted by atomic mass is 35.5. The molecule has 0 aliphatic heterocycles. The van der Waals surface area contributed by atoms with E-state index in [4.69, 9.17) is 11.6 Å².